The SMILES string of the molecule is CCC(CCNC(=O)NC1(C)CCOC1)CCC(=O)O. The normalized spacial score (nSPS) is 23.3. The highest BCUT2D eigenvalue weighted by Crippen LogP contribution is 2.17. The van der Waals surface area contributed by atoms with E-state index in [0.717, 1.165) is 19.3 Å². The number of carboxylic acids is 1. The fourth-order valence-corrected chi connectivity index (χ4v) is 2.35. The third-order valence-electron chi connectivity index (χ3n) is 3.82. The van der Waals surface area contributed by atoms with Crippen LogP contribution < -0.4 is 10.6 Å². The monoisotopic (exact) mass is 286 g/mol. The van der Waals surface area contributed by atoms with E-state index in [2.05, 4.69) is 10.6 Å². The van der Waals surface area contributed by atoms with Gasteiger partial charge in [0.2, 0.25) is 0 Å². The lowest BCUT2D eigenvalue weighted by molar-refractivity contribution is -0.137. The average Bonchev–Trinajstić information content (AvgIpc) is 2.79. The Hall–Kier alpha value is -1.30. The molecular formula is C14H26N2O4. The first-order valence-electron chi connectivity index (χ1n) is 7.31. The fraction of sp³-hybridized carbons (Fsp3) is 0.857. The Balaban J connectivity index is 2.18. The fourth-order valence-electron chi connectivity index (χ4n) is 2.35. The summed E-state index contributed by atoms with van der Waals surface area (Å²) in [5.41, 5.74) is -0.266. The summed E-state index contributed by atoms with van der Waals surface area (Å²) in [7, 11) is 0. The van der Waals surface area contributed by atoms with Crippen LogP contribution in [0.15, 0.2) is 0 Å². The van der Waals surface area contributed by atoms with Crippen LogP contribution in [0, 0.1) is 5.92 Å². The van der Waals surface area contributed by atoms with E-state index in [1.165, 1.54) is 0 Å². The first-order valence-corrected chi connectivity index (χ1v) is 7.31. The van der Waals surface area contributed by atoms with Crippen LogP contribution in [0.5, 0.6) is 0 Å². The molecule has 1 rings (SSSR count). The number of carboxylic acid groups (broad SMARTS) is 1. The van der Waals surface area contributed by atoms with Crippen LogP contribution in [0.2, 0.25) is 0 Å². The largest absolute Gasteiger partial charge is 0.481 e. The maximum Gasteiger partial charge on any atom is 0.315 e. The molecule has 1 fully saturated rings. The van der Waals surface area contributed by atoms with Gasteiger partial charge in [0.1, 0.15) is 0 Å². The molecule has 0 spiro atoms. The predicted molar refractivity (Wildman–Crippen MR) is 75.6 cm³/mol. The Kier molecular flexibility index (Phi) is 6.78. The number of ether oxygens (including phenoxy) is 1. The molecule has 20 heavy (non-hydrogen) atoms. The van der Waals surface area contributed by atoms with Crippen molar-refractivity contribution < 1.29 is 19.4 Å². The molecule has 2 amide bonds. The number of hydrogen-bond acceptors (Lipinski definition) is 3. The van der Waals surface area contributed by atoms with E-state index in [-0.39, 0.29) is 18.0 Å². The summed E-state index contributed by atoms with van der Waals surface area (Å²) in [5, 5.41) is 14.4. The number of hydrogen-bond donors (Lipinski definition) is 3. The zero-order valence-corrected chi connectivity index (χ0v) is 12.4. The van der Waals surface area contributed by atoms with Crippen molar-refractivity contribution in [3.05, 3.63) is 0 Å². The van der Waals surface area contributed by atoms with Gasteiger partial charge in [-0.3, -0.25) is 4.79 Å². The number of carbonyl (C=O) groups is 2. The van der Waals surface area contributed by atoms with Crippen molar-refractivity contribution in [1.82, 2.24) is 10.6 Å². The molecule has 116 valence electrons. The van der Waals surface area contributed by atoms with Crippen LogP contribution in [0.4, 0.5) is 4.79 Å². The molecule has 6 nitrogen and oxygen atoms in total. The molecule has 1 saturated heterocycles. The average molecular weight is 286 g/mol. The molecule has 0 aliphatic carbocycles. The topological polar surface area (TPSA) is 87.7 Å². The molecule has 0 aromatic rings. The highest BCUT2D eigenvalue weighted by molar-refractivity contribution is 5.74. The van der Waals surface area contributed by atoms with E-state index in [4.69, 9.17) is 9.84 Å². The van der Waals surface area contributed by atoms with E-state index < -0.39 is 5.97 Å². The van der Waals surface area contributed by atoms with E-state index in [9.17, 15) is 9.59 Å². The Morgan fingerprint density at radius 3 is 2.70 bits per heavy atom. The molecule has 0 aromatic carbocycles. The van der Waals surface area contributed by atoms with Crippen LogP contribution in [-0.4, -0.2) is 42.4 Å². The number of carbonyl (C=O) groups excluding carboxylic acids is 1. The molecule has 3 N–H and O–H groups in total. The summed E-state index contributed by atoms with van der Waals surface area (Å²) in [6.45, 7) is 5.83. The van der Waals surface area contributed by atoms with Gasteiger partial charge in [-0.2, -0.15) is 0 Å². The quantitative estimate of drug-likeness (QED) is 0.634. The maximum atomic E-state index is 11.8. The summed E-state index contributed by atoms with van der Waals surface area (Å²) < 4.78 is 5.28. The zero-order chi connectivity index (χ0) is 15.0. The highest BCUT2D eigenvalue weighted by atomic mass is 16.5. The highest BCUT2D eigenvalue weighted by Gasteiger charge is 2.31. The number of nitrogens with one attached hydrogen (secondary N) is 2. The Morgan fingerprint density at radius 1 is 1.40 bits per heavy atom. The standard InChI is InChI=1S/C14H26N2O4/c1-3-11(4-5-12(17)18)6-8-15-13(19)16-14(2)7-9-20-10-14/h11H,3-10H2,1-2H3,(H,17,18)(H2,15,16,19). The lowest BCUT2D eigenvalue weighted by Gasteiger charge is -2.24. The summed E-state index contributed by atoms with van der Waals surface area (Å²) in [6.07, 6.45) is 3.43. The molecule has 0 aromatic heterocycles. The van der Waals surface area contributed by atoms with Crippen molar-refractivity contribution in [1.29, 1.82) is 0 Å². The Morgan fingerprint density at radius 2 is 2.15 bits per heavy atom. The van der Waals surface area contributed by atoms with Crippen LogP contribution in [0.1, 0.15) is 46.0 Å². The number of urea groups is 1. The van der Waals surface area contributed by atoms with Gasteiger partial charge in [0.05, 0.1) is 12.1 Å². The first-order chi connectivity index (χ1) is 9.45. The van der Waals surface area contributed by atoms with Gasteiger partial charge >= 0.3 is 12.0 Å². The molecule has 2 unspecified atom stereocenters. The van der Waals surface area contributed by atoms with Crippen molar-refractivity contribution in [2.75, 3.05) is 19.8 Å². The van der Waals surface area contributed by atoms with Crippen LogP contribution >= 0.6 is 0 Å². The Labute approximate surface area is 120 Å². The molecule has 1 aliphatic heterocycles. The predicted octanol–water partition coefficient (Wildman–Crippen LogP) is 1.75. The second-order valence-corrected chi connectivity index (χ2v) is 5.74. The van der Waals surface area contributed by atoms with Crippen molar-refractivity contribution >= 4 is 12.0 Å². The van der Waals surface area contributed by atoms with E-state index >= 15 is 0 Å². The lowest BCUT2D eigenvalue weighted by Crippen LogP contribution is -2.50. The van der Waals surface area contributed by atoms with Crippen LogP contribution in [0.25, 0.3) is 0 Å². The van der Waals surface area contributed by atoms with Gasteiger partial charge in [-0.15, -0.1) is 0 Å². The molecule has 0 bridgehead atoms. The summed E-state index contributed by atoms with van der Waals surface area (Å²) in [6, 6.07) is -0.175. The van der Waals surface area contributed by atoms with Gasteiger partial charge < -0.3 is 20.5 Å². The molecule has 6 heteroatoms. The smallest absolute Gasteiger partial charge is 0.315 e. The molecule has 0 saturated carbocycles. The van der Waals surface area contributed by atoms with Gasteiger partial charge in [0, 0.05) is 19.6 Å². The summed E-state index contributed by atoms with van der Waals surface area (Å²) >= 11 is 0. The van der Waals surface area contributed by atoms with Gasteiger partial charge in [0.15, 0.2) is 0 Å². The maximum absolute atomic E-state index is 11.8. The van der Waals surface area contributed by atoms with Crippen LogP contribution in [0.3, 0.4) is 0 Å². The second kappa shape index (κ2) is 8.09. The van der Waals surface area contributed by atoms with Crippen molar-refractivity contribution in [2.45, 2.75) is 51.5 Å². The van der Waals surface area contributed by atoms with E-state index in [1.807, 2.05) is 13.8 Å². The molecule has 0 radical (unpaired) electrons. The molecule has 2 atom stereocenters. The minimum Gasteiger partial charge on any atom is -0.481 e. The zero-order valence-electron chi connectivity index (χ0n) is 12.4. The number of rotatable bonds is 8. The third kappa shape index (κ3) is 6.23. The minimum absolute atomic E-state index is 0.175. The number of amides is 2. The molecule has 1 heterocycles. The van der Waals surface area contributed by atoms with Crippen molar-refractivity contribution in [3.8, 4) is 0 Å². The van der Waals surface area contributed by atoms with Gasteiger partial charge in [0.25, 0.3) is 0 Å². The summed E-state index contributed by atoms with van der Waals surface area (Å²) in [4.78, 5) is 22.3. The van der Waals surface area contributed by atoms with Crippen molar-refractivity contribution in [3.63, 3.8) is 0 Å². The first kappa shape index (κ1) is 16.8. The molecular weight excluding hydrogens is 260 g/mol. The van der Waals surface area contributed by atoms with E-state index in [0.29, 0.717) is 32.1 Å². The lowest BCUT2D eigenvalue weighted by atomic mass is 9.97. The third-order valence-corrected chi connectivity index (χ3v) is 3.82. The van der Waals surface area contributed by atoms with E-state index in [1.54, 1.807) is 0 Å². The molecule has 1 aliphatic rings. The van der Waals surface area contributed by atoms with Crippen molar-refractivity contribution in [2.24, 2.45) is 5.92 Å². The van der Waals surface area contributed by atoms with Gasteiger partial charge in [-0.05, 0) is 32.1 Å². The van der Waals surface area contributed by atoms with Crippen LogP contribution in [-0.2, 0) is 9.53 Å². The van der Waals surface area contributed by atoms with Gasteiger partial charge in [-0.25, -0.2) is 4.79 Å². The Bertz CT molecular complexity index is 327. The van der Waals surface area contributed by atoms with Gasteiger partial charge in [-0.1, -0.05) is 13.3 Å². The minimum atomic E-state index is -0.761. The second-order valence-electron chi connectivity index (χ2n) is 5.74. The summed E-state index contributed by atoms with van der Waals surface area (Å²) in [5.74, 6) is -0.417. The number of aliphatic carboxylic acids is 1.